The number of aryl methyl sites for hydroxylation is 1. The van der Waals surface area contributed by atoms with Crippen LogP contribution in [0.1, 0.15) is 34.5 Å². The summed E-state index contributed by atoms with van der Waals surface area (Å²) in [5.41, 5.74) is 2.94. The van der Waals surface area contributed by atoms with Crippen LogP contribution < -0.4 is 0 Å². The number of aromatic carboxylic acids is 1. The number of carboxylic acid groups (broad SMARTS) is 1. The van der Waals surface area contributed by atoms with Crippen LogP contribution in [0.15, 0.2) is 12.1 Å². The standard InChI is InChI=1S/C14H13ClN2O3/c15-12-8-4-2-1-3-7(8)5-9(13(12)18)10-6-11(14(19)20)17-16-10/h5-6,18H,1-4H2,(H,16,17)(H,19,20). The Balaban J connectivity index is 2.13. The Morgan fingerprint density at radius 2 is 2.05 bits per heavy atom. The number of carboxylic acids is 1. The second-order valence-corrected chi connectivity index (χ2v) is 5.28. The van der Waals surface area contributed by atoms with Gasteiger partial charge in [-0.15, -0.1) is 0 Å². The van der Waals surface area contributed by atoms with Gasteiger partial charge >= 0.3 is 5.97 Å². The van der Waals surface area contributed by atoms with E-state index in [1.165, 1.54) is 6.07 Å². The fourth-order valence-corrected chi connectivity index (χ4v) is 2.92. The molecule has 0 radical (unpaired) electrons. The number of phenols is 1. The summed E-state index contributed by atoms with van der Waals surface area (Å²) in [4.78, 5) is 10.9. The lowest BCUT2D eigenvalue weighted by Crippen LogP contribution is -2.04. The molecule has 1 aliphatic rings. The molecular weight excluding hydrogens is 280 g/mol. The molecule has 0 bridgehead atoms. The Bertz CT molecular complexity index is 694. The summed E-state index contributed by atoms with van der Waals surface area (Å²) in [7, 11) is 0. The van der Waals surface area contributed by atoms with Crippen molar-refractivity contribution in [1.29, 1.82) is 0 Å². The highest BCUT2D eigenvalue weighted by Gasteiger charge is 2.21. The number of nitrogens with zero attached hydrogens (tertiary/aromatic N) is 1. The molecule has 1 aliphatic carbocycles. The van der Waals surface area contributed by atoms with E-state index in [1.807, 2.05) is 6.07 Å². The van der Waals surface area contributed by atoms with E-state index in [9.17, 15) is 9.90 Å². The monoisotopic (exact) mass is 292 g/mol. The Kier molecular flexibility index (Phi) is 3.14. The summed E-state index contributed by atoms with van der Waals surface area (Å²) < 4.78 is 0. The van der Waals surface area contributed by atoms with E-state index in [1.54, 1.807) is 0 Å². The molecule has 0 spiro atoms. The van der Waals surface area contributed by atoms with Gasteiger partial charge in [0.05, 0.1) is 10.7 Å². The molecule has 2 aromatic rings. The third kappa shape index (κ3) is 2.04. The number of phenolic OH excluding ortho intramolecular Hbond substituents is 1. The predicted molar refractivity (Wildman–Crippen MR) is 74.3 cm³/mol. The van der Waals surface area contributed by atoms with Gasteiger partial charge in [-0.2, -0.15) is 5.10 Å². The van der Waals surface area contributed by atoms with E-state index in [0.717, 1.165) is 36.8 Å². The van der Waals surface area contributed by atoms with Gasteiger partial charge in [0.15, 0.2) is 0 Å². The van der Waals surface area contributed by atoms with Gasteiger partial charge in [0.1, 0.15) is 11.4 Å². The van der Waals surface area contributed by atoms with Crippen molar-refractivity contribution in [3.8, 4) is 17.0 Å². The van der Waals surface area contributed by atoms with Crippen LogP contribution in [0.4, 0.5) is 0 Å². The topological polar surface area (TPSA) is 86.2 Å². The zero-order valence-corrected chi connectivity index (χ0v) is 11.4. The number of hydrogen-bond donors (Lipinski definition) is 3. The summed E-state index contributed by atoms with van der Waals surface area (Å²) in [6.07, 6.45) is 3.94. The summed E-state index contributed by atoms with van der Waals surface area (Å²) in [5.74, 6) is -1.12. The summed E-state index contributed by atoms with van der Waals surface area (Å²) in [6.45, 7) is 0. The van der Waals surface area contributed by atoms with E-state index in [0.29, 0.717) is 16.3 Å². The fraction of sp³-hybridized carbons (Fsp3) is 0.286. The molecule has 104 valence electrons. The Labute approximate surface area is 120 Å². The van der Waals surface area contributed by atoms with Gasteiger partial charge in [-0.1, -0.05) is 11.6 Å². The van der Waals surface area contributed by atoms with Crippen LogP contribution in [0.3, 0.4) is 0 Å². The van der Waals surface area contributed by atoms with Crippen molar-refractivity contribution in [2.24, 2.45) is 0 Å². The van der Waals surface area contributed by atoms with Gasteiger partial charge in [0, 0.05) is 5.56 Å². The van der Waals surface area contributed by atoms with Crippen LogP contribution in [0.25, 0.3) is 11.3 Å². The number of halogens is 1. The smallest absolute Gasteiger partial charge is 0.353 e. The van der Waals surface area contributed by atoms with Crippen molar-refractivity contribution in [3.05, 3.63) is 34.0 Å². The number of aromatic nitrogens is 2. The molecule has 0 saturated carbocycles. The number of aromatic hydroxyl groups is 1. The Hall–Kier alpha value is -2.01. The van der Waals surface area contributed by atoms with Crippen LogP contribution in [0, 0.1) is 0 Å². The average Bonchev–Trinajstić information content (AvgIpc) is 2.92. The summed E-state index contributed by atoms with van der Waals surface area (Å²) in [6, 6.07) is 3.25. The van der Waals surface area contributed by atoms with Crippen molar-refractivity contribution < 1.29 is 15.0 Å². The van der Waals surface area contributed by atoms with Gasteiger partial charge in [0.25, 0.3) is 0 Å². The van der Waals surface area contributed by atoms with E-state index in [-0.39, 0.29) is 11.4 Å². The Morgan fingerprint density at radius 3 is 2.75 bits per heavy atom. The second-order valence-electron chi connectivity index (χ2n) is 4.90. The highest BCUT2D eigenvalue weighted by Crippen LogP contribution is 2.41. The number of fused-ring (bicyclic) bond motifs is 1. The maximum absolute atomic E-state index is 10.9. The SMILES string of the molecule is O=C(O)c1cc(-c2cc3c(c(Cl)c2O)CCCC3)n[nH]1. The number of carbonyl (C=O) groups is 1. The molecule has 20 heavy (non-hydrogen) atoms. The average molecular weight is 293 g/mol. The number of benzene rings is 1. The van der Waals surface area contributed by atoms with Crippen molar-refractivity contribution in [3.63, 3.8) is 0 Å². The lowest BCUT2D eigenvalue weighted by atomic mass is 9.89. The van der Waals surface area contributed by atoms with Gasteiger partial charge in [0.2, 0.25) is 0 Å². The molecule has 1 aromatic carbocycles. The van der Waals surface area contributed by atoms with Gasteiger partial charge in [-0.25, -0.2) is 4.79 Å². The number of nitrogens with one attached hydrogen (secondary N) is 1. The normalized spacial score (nSPS) is 14.1. The molecule has 0 unspecified atom stereocenters. The van der Waals surface area contributed by atoms with Crippen LogP contribution in [0.2, 0.25) is 5.02 Å². The first-order valence-corrected chi connectivity index (χ1v) is 6.78. The molecule has 6 heteroatoms. The minimum absolute atomic E-state index is 0.0201. The zero-order chi connectivity index (χ0) is 14.3. The highest BCUT2D eigenvalue weighted by atomic mass is 35.5. The third-order valence-electron chi connectivity index (χ3n) is 3.64. The molecule has 0 atom stereocenters. The minimum atomic E-state index is -1.09. The number of hydrogen-bond acceptors (Lipinski definition) is 3. The molecule has 0 fully saturated rings. The molecule has 5 nitrogen and oxygen atoms in total. The van der Waals surface area contributed by atoms with Crippen molar-refractivity contribution >= 4 is 17.6 Å². The molecule has 3 N–H and O–H groups in total. The van der Waals surface area contributed by atoms with E-state index in [4.69, 9.17) is 16.7 Å². The molecule has 3 rings (SSSR count). The molecular formula is C14H13ClN2O3. The number of aromatic amines is 1. The van der Waals surface area contributed by atoms with Gasteiger partial charge in [-0.05, 0) is 48.9 Å². The quantitative estimate of drug-likeness (QED) is 0.794. The van der Waals surface area contributed by atoms with Crippen molar-refractivity contribution in [1.82, 2.24) is 10.2 Å². The number of H-pyrrole nitrogens is 1. The molecule has 0 aliphatic heterocycles. The van der Waals surface area contributed by atoms with Crippen LogP contribution in [0.5, 0.6) is 5.75 Å². The summed E-state index contributed by atoms with van der Waals surface area (Å²) in [5, 5.41) is 25.8. The first-order chi connectivity index (χ1) is 9.58. The molecule has 1 heterocycles. The lowest BCUT2D eigenvalue weighted by Gasteiger charge is -2.19. The fourth-order valence-electron chi connectivity index (χ4n) is 2.61. The van der Waals surface area contributed by atoms with Gasteiger partial charge in [-0.3, -0.25) is 5.10 Å². The third-order valence-corrected chi connectivity index (χ3v) is 4.05. The number of rotatable bonds is 2. The minimum Gasteiger partial charge on any atom is -0.506 e. The molecule has 0 saturated heterocycles. The Morgan fingerprint density at radius 1 is 1.30 bits per heavy atom. The van der Waals surface area contributed by atoms with Crippen molar-refractivity contribution in [2.75, 3.05) is 0 Å². The van der Waals surface area contributed by atoms with E-state index < -0.39 is 5.97 Å². The van der Waals surface area contributed by atoms with Crippen LogP contribution >= 0.6 is 11.6 Å². The predicted octanol–water partition coefficient (Wildman–Crippen LogP) is 3.01. The van der Waals surface area contributed by atoms with Gasteiger partial charge < -0.3 is 10.2 Å². The lowest BCUT2D eigenvalue weighted by molar-refractivity contribution is 0.0690. The molecule has 1 aromatic heterocycles. The highest BCUT2D eigenvalue weighted by molar-refractivity contribution is 6.33. The van der Waals surface area contributed by atoms with Crippen LogP contribution in [-0.2, 0) is 12.8 Å². The first kappa shape index (κ1) is 13.0. The second kappa shape index (κ2) is 4.83. The van der Waals surface area contributed by atoms with Crippen LogP contribution in [-0.4, -0.2) is 26.4 Å². The largest absolute Gasteiger partial charge is 0.506 e. The van der Waals surface area contributed by atoms with E-state index >= 15 is 0 Å². The maximum Gasteiger partial charge on any atom is 0.353 e. The summed E-state index contributed by atoms with van der Waals surface area (Å²) >= 11 is 6.23. The maximum atomic E-state index is 10.9. The first-order valence-electron chi connectivity index (χ1n) is 6.40. The molecule has 0 amide bonds. The van der Waals surface area contributed by atoms with E-state index in [2.05, 4.69) is 10.2 Å². The van der Waals surface area contributed by atoms with Crippen molar-refractivity contribution in [2.45, 2.75) is 25.7 Å². The zero-order valence-electron chi connectivity index (χ0n) is 10.6.